The van der Waals surface area contributed by atoms with E-state index >= 15 is 0 Å². The first-order valence-electron chi connectivity index (χ1n) is 7.42. The van der Waals surface area contributed by atoms with E-state index in [9.17, 15) is 0 Å². The first-order chi connectivity index (χ1) is 9.33. The third-order valence-corrected chi connectivity index (χ3v) is 4.25. The van der Waals surface area contributed by atoms with E-state index in [1.54, 1.807) is 0 Å². The molecule has 19 heavy (non-hydrogen) atoms. The molecule has 0 aromatic rings. The van der Waals surface area contributed by atoms with Crippen molar-refractivity contribution >= 4 is 0 Å². The van der Waals surface area contributed by atoms with Crippen LogP contribution in [0.2, 0.25) is 0 Å². The Morgan fingerprint density at radius 3 is 2.68 bits per heavy atom. The number of rotatable bonds is 2. The molecule has 0 amide bonds. The van der Waals surface area contributed by atoms with Crippen LogP contribution in [-0.4, -0.2) is 0 Å². The van der Waals surface area contributed by atoms with Gasteiger partial charge in [0.05, 0.1) is 0 Å². The molecule has 0 nitrogen and oxygen atoms in total. The van der Waals surface area contributed by atoms with Crippen molar-refractivity contribution in [3.05, 3.63) is 71.4 Å². The van der Waals surface area contributed by atoms with Gasteiger partial charge in [0, 0.05) is 0 Å². The van der Waals surface area contributed by atoms with Gasteiger partial charge in [0.15, 0.2) is 0 Å². The Balaban J connectivity index is 1.84. The highest BCUT2D eigenvalue weighted by molar-refractivity contribution is 5.50. The van der Waals surface area contributed by atoms with Gasteiger partial charge in [-0.2, -0.15) is 0 Å². The Morgan fingerprint density at radius 2 is 1.95 bits per heavy atom. The Kier molecular flexibility index (Phi) is 3.68. The van der Waals surface area contributed by atoms with Gasteiger partial charge in [-0.25, -0.2) is 0 Å². The van der Waals surface area contributed by atoms with Gasteiger partial charge >= 0.3 is 0 Å². The molecule has 2 atom stereocenters. The van der Waals surface area contributed by atoms with Crippen molar-refractivity contribution in [3.8, 4) is 0 Å². The van der Waals surface area contributed by atoms with E-state index in [0.717, 1.165) is 0 Å². The van der Waals surface area contributed by atoms with Crippen molar-refractivity contribution in [2.75, 3.05) is 0 Å². The van der Waals surface area contributed by atoms with Crippen molar-refractivity contribution in [1.82, 2.24) is 0 Å². The van der Waals surface area contributed by atoms with E-state index in [-0.39, 0.29) is 0 Å². The molecule has 0 aliphatic heterocycles. The molecule has 0 heterocycles. The SMILES string of the molecule is CC1=CC(C2=CCCC=C2)=CC(C2C=CC=CC2)C1. The lowest BCUT2D eigenvalue weighted by Crippen LogP contribution is -2.15. The Morgan fingerprint density at radius 1 is 1.00 bits per heavy atom. The zero-order valence-electron chi connectivity index (χ0n) is 11.7. The summed E-state index contributed by atoms with van der Waals surface area (Å²) in [6.07, 6.45) is 25.7. The lowest BCUT2D eigenvalue weighted by Gasteiger charge is -2.27. The van der Waals surface area contributed by atoms with Gasteiger partial charge in [0.1, 0.15) is 0 Å². The normalized spacial score (nSPS) is 29.8. The minimum atomic E-state index is 0.664. The van der Waals surface area contributed by atoms with Crippen LogP contribution in [0.5, 0.6) is 0 Å². The van der Waals surface area contributed by atoms with Gasteiger partial charge in [-0.3, -0.25) is 0 Å². The highest BCUT2D eigenvalue weighted by atomic mass is 14.3. The minimum Gasteiger partial charge on any atom is -0.0839 e. The van der Waals surface area contributed by atoms with Crippen molar-refractivity contribution in [2.24, 2.45) is 11.8 Å². The fourth-order valence-electron chi connectivity index (χ4n) is 3.23. The van der Waals surface area contributed by atoms with E-state index in [1.165, 1.54) is 42.4 Å². The summed E-state index contributed by atoms with van der Waals surface area (Å²) >= 11 is 0. The molecule has 0 spiro atoms. The first kappa shape index (κ1) is 12.5. The molecule has 0 heteroatoms. The molecular formula is C19H22. The summed E-state index contributed by atoms with van der Waals surface area (Å²) in [5, 5.41) is 0. The number of hydrogen-bond acceptors (Lipinski definition) is 0. The van der Waals surface area contributed by atoms with Gasteiger partial charge in [-0.15, -0.1) is 0 Å². The third kappa shape index (κ3) is 2.89. The summed E-state index contributed by atoms with van der Waals surface area (Å²) in [6, 6.07) is 0. The van der Waals surface area contributed by atoms with Crippen LogP contribution < -0.4 is 0 Å². The van der Waals surface area contributed by atoms with E-state index in [4.69, 9.17) is 0 Å². The monoisotopic (exact) mass is 250 g/mol. The maximum absolute atomic E-state index is 2.50. The molecular weight excluding hydrogens is 228 g/mol. The second-order valence-corrected chi connectivity index (χ2v) is 5.83. The van der Waals surface area contributed by atoms with Gasteiger partial charge < -0.3 is 0 Å². The second kappa shape index (κ2) is 5.61. The molecule has 3 rings (SSSR count). The summed E-state index contributed by atoms with van der Waals surface area (Å²) in [4.78, 5) is 0. The van der Waals surface area contributed by atoms with Gasteiger partial charge in [0.2, 0.25) is 0 Å². The molecule has 0 aromatic heterocycles. The van der Waals surface area contributed by atoms with Crippen molar-refractivity contribution in [2.45, 2.75) is 32.6 Å². The minimum absolute atomic E-state index is 0.664. The molecule has 0 fully saturated rings. The van der Waals surface area contributed by atoms with Crippen LogP contribution in [-0.2, 0) is 0 Å². The van der Waals surface area contributed by atoms with E-state index in [2.05, 4.69) is 61.6 Å². The number of hydrogen-bond donors (Lipinski definition) is 0. The molecule has 0 saturated carbocycles. The molecule has 3 aliphatic carbocycles. The average molecular weight is 250 g/mol. The Bertz CT molecular complexity index is 520. The van der Waals surface area contributed by atoms with Crippen molar-refractivity contribution in [1.29, 1.82) is 0 Å². The second-order valence-electron chi connectivity index (χ2n) is 5.83. The van der Waals surface area contributed by atoms with E-state index in [1.807, 2.05) is 0 Å². The molecule has 98 valence electrons. The van der Waals surface area contributed by atoms with E-state index < -0.39 is 0 Å². The standard InChI is InChI=1S/C19H22/c1-15-12-18(16-8-4-2-5-9-16)14-19(13-15)17-10-6-3-7-11-17/h2,4-6,8,10-11,13-14,16,18H,3,7,9,12H2,1H3. The van der Waals surface area contributed by atoms with Crippen LogP contribution in [0, 0.1) is 11.8 Å². The van der Waals surface area contributed by atoms with Crippen molar-refractivity contribution < 1.29 is 0 Å². The van der Waals surface area contributed by atoms with Crippen LogP contribution in [0.15, 0.2) is 71.4 Å². The first-order valence-corrected chi connectivity index (χ1v) is 7.42. The summed E-state index contributed by atoms with van der Waals surface area (Å²) in [6.45, 7) is 2.27. The predicted octanol–water partition coefficient (Wildman–Crippen LogP) is 5.29. The Labute approximate surface area is 116 Å². The van der Waals surface area contributed by atoms with Gasteiger partial charge in [-0.05, 0) is 55.6 Å². The van der Waals surface area contributed by atoms with E-state index in [0.29, 0.717) is 11.8 Å². The maximum Gasteiger partial charge on any atom is -0.0121 e. The van der Waals surface area contributed by atoms with Crippen LogP contribution in [0.1, 0.15) is 32.6 Å². The summed E-state index contributed by atoms with van der Waals surface area (Å²) < 4.78 is 0. The Hall–Kier alpha value is -1.56. The quantitative estimate of drug-likeness (QED) is 0.625. The molecule has 2 unspecified atom stereocenters. The fourth-order valence-corrected chi connectivity index (χ4v) is 3.23. The zero-order valence-corrected chi connectivity index (χ0v) is 11.7. The summed E-state index contributed by atoms with van der Waals surface area (Å²) in [5.74, 6) is 1.34. The predicted molar refractivity (Wildman–Crippen MR) is 82.8 cm³/mol. The number of allylic oxidation sites excluding steroid dienone is 12. The molecule has 0 saturated heterocycles. The van der Waals surface area contributed by atoms with Crippen LogP contribution in [0.3, 0.4) is 0 Å². The molecule has 3 aliphatic rings. The van der Waals surface area contributed by atoms with Gasteiger partial charge in [0.25, 0.3) is 0 Å². The molecule has 0 bridgehead atoms. The average Bonchev–Trinajstić information content (AvgIpc) is 2.48. The van der Waals surface area contributed by atoms with Gasteiger partial charge in [-0.1, -0.05) is 60.3 Å². The molecule has 0 radical (unpaired) electrons. The smallest absolute Gasteiger partial charge is 0.0121 e. The maximum atomic E-state index is 2.50. The van der Waals surface area contributed by atoms with Crippen molar-refractivity contribution in [3.63, 3.8) is 0 Å². The van der Waals surface area contributed by atoms with Crippen LogP contribution in [0.4, 0.5) is 0 Å². The summed E-state index contributed by atoms with van der Waals surface area (Å²) in [5.41, 5.74) is 4.38. The zero-order chi connectivity index (χ0) is 13.1. The highest BCUT2D eigenvalue weighted by Gasteiger charge is 2.21. The summed E-state index contributed by atoms with van der Waals surface area (Å²) in [7, 11) is 0. The fraction of sp³-hybridized carbons (Fsp3) is 0.368. The molecule has 0 N–H and O–H groups in total. The van der Waals surface area contributed by atoms with Crippen LogP contribution in [0.25, 0.3) is 0 Å². The van der Waals surface area contributed by atoms with Crippen LogP contribution >= 0.6 is 0 Å². The highest BCUT2D eigenvalue weighted by Crippen LogP contribution is 2.35. The topological polar surface area (TPSA) is 0 Å². The molecule has 0 aromatic carbocycles. The lowest BCUT2D eigenvalue weighted by atomic mass is 9.77. The largest absolute Gasteiger partial charge is 0.0839 e. The lowest BCUT2D eigenvalue weighted by molar-refractivity contribution is 0.466. The third-order valence-electron chi connectivity index (χ3n) is 4.25.